The highest BCUT2D eigenvalue weighted by Gasteiger charge is 2.25. The van der Waals surface area contributed by atoms with Crippen molar-refractivity contribution in [2.45, 2.75) is 0 Å². The van der Waals surface area contributed by atoms with Gasteiger partial charge in [-0.1, -0.05) is 158 Å². The summed E-state index contributed by atoms with van der Waals surface area (Å²) >= 11 is 0. The van der Waals surface area contributed by atoms with Crippen LogP contribution >= 0.6 is 0 Å². The molecule has 0 unspecified atom stereocenters. The van der Waals surface area contributed by atoms with Crippen LogP contribution in [-0.4, -0.2) is 29.1 Å². The van der Waals surface area contributed by atoms with Gasteiger partial charge in [-0.05, 0) is 177 Å². The van der Waals surface area contributed by atoms with Gasteiger partial charge in [-0.3, -0.25) is 4.98 Å². The zero-order chi connectivity index (χ0) is 63.2. The third-order valence-electron chi connectivity index (χ3n) is 17.7. The Balaban J connectivity index is 1.00. The van der Waals surface area contributed by atoms with Gasteiger partial charge in [0, 0.05) is 61.8 Å². The van der Waals surface area contributed by atoms with Gasteiger partial charge < -0.3 is 9.13 Å². The average Bonchev–Trinajstić information content (AvgIpc) is 1.55. The largest absolute Gasteiger partial charge is 0.309 e. The van der Waals surface area contributed by atoms with Gasteiger partial charge in [0.15, 0.2) is 17.5 Å². The Morgan fingerprint density at radius 1 is 0.234 bits per heavy atom. The second-order valence-corrected chi connectivity index (χ2v) is 23.1. The van der Waals surface area contributed by atoms with E-state index in [4.69, 9.17) is 15.0 Å². The maximum atomic E-state index is 9.81. The second kappa shape index (κ2) is 23.4. The topological polar surface area (TPSA) is 157 Å². The van der Waals surface area contributed by atoms with Gasteiger partial charge in [0.1, 0.15) is 0 Å². The maximum Gasteiger partial charge on any atom is 0.164 e. The summed E-state index contributed by atoms with van der Waals surface area (Å²) in [5.74, 6) is 1.59. The molecule has 4 aromatic heterocycles. The number of pyridine rings is 1. The van der Waals surface area contributed by atoms with E-state index in [1.807, 2.05) is 182 Å². The molecule has 0 aliphatic heterocycles. The van der Waals surface area contributed by atoms with Crippen LogP contribution in [0, 0.1) is 45.3 Å². The first-order chi connectivity index (χ1) is 46.4. The minimum Gasteiger partial charge on any atom is -0.309 e. The van der Waals surface area contributed by atoms with Crippen molar-refractivity contribution in [2.24, 2.45) is 0 Å². The summed E-state index contributed by atoms with van der Waals surface area (Å²) in [6.45, 7) is 0. The summed E-state index contributed by atoms with van der Waals surface area (Å²) in [6, 6.07) is 104. The highest BCUT2D eigenvalue weighted by molar-refractivity contribution is 6.14. The first kappa shape index (κ1) is 55.7. The molecule has 0 bridgehead atoms. The number of nitrogens with zero attached hydrogens (tertiary/aromatic N) is 10. The van der Waals surface area contributed by atoms with Gasteiger partial charge in [-0.25, -0.2) is 15.0 Å². The fourth-order valence-electron chi connectivity index (χ4n) is 12.9. The molecule has 16 aromatic rings. The van der Waals surface area contributed by atoms with Gasteiger partial charge in [-0.2, -0.15) is 21.0 Å². The van der Waals surface area contributed by atoms with Crippen LogP contribution in [0.4, 0.5) is 0 Å². The highest BCUT2D eigenvalue weighted by atomic mass is 15.0. The van der Waals surface area contributed by atoms with E-state index in [9.17, 15) is 21.0 Å². The highest BCUT2D eigenvalue weighted by Crippen LogP contribution is 2.46. The molecule has 0 fully saturated rings. The molecule has 0 saturated heterocycles. The predicted octanol–water partition coefficient (Wildman–Crippen LogP) is 20.0. The Labute approximate surface area is 541 Å². The van der Waals surface area contributed by atoms with Gasteiger partial charge in [0.25, 0.3) is 0 Å². The Morgan fingerprint density at radius 3 is 0.830 bits per heavy atom. The summed E-state index contributed by atoms with van der Waals surface area (Å²) in [7, 11) is 0. The number of rotatable bonds is 11. The molecule has 0 atom stereocenters. The number of fused-ring (bicyclic) bond motifs is 6. The molecule has 10 nitrogen and oxygen atoms in total. The molecule has 0 spiro atoms. The minimum absolute atomic E-state index is 0.499. The smallest absolute Gasteiger partial charge is 0.164 e. The Bertz CT molecular complexity index is 5560. The molecule has 16 rings (SSSR count). The summed E-state index contributed by atoms with van der Waals surface area (Å²) in [4.78, 5) is 20.1. The van der Waals surface area contributed by atoms with Crippen LogP contribution in [0.3, 0.4) is 0 Å². The van der Waals surface area contributed by atoms with Crippen molar-refractivity contribution in [2.75, 3.05) is 0 Å². The molecule has 0 N–H and O–H groups in total. The Kier molecular flexibility index (Phi) is 13.8. The van der Waals surface area contributed by atoms with Crippen LogP contribution in [0.2, 0.25) is 0 Å². The van der Waals surface area contributed by atoms with Gasteiger partial charge in [-0.15, -0.1) is 0 Å². The SMILES string of the molecule is N#Cc1ccc(-c2ccc3c(c2)c2cc(-c4ccc(C#N)cc4)ccc2n3-c2cc(-c3ccncc3)ccc2-c2ccc(-c3nc(-c4ccccc4)nc(-c4ccccc4)n3)cc2-n2c3ccc(-c4ccc(C#N)cc4)cc3c3cc(-c4ccc(C#N)cc4)ccc32)cc1. The number of hydrogen-bond donors (Lipinski definition) is 0. The van der Waals surface area contributed by atoms with Crippen molar-refractivity contribution in [3.05, 3.63) is 314 Å². The van der Waals surface area contributed by atoms with Crippen LogP contribution in [0.5, 0.6) is 0 Å². The van der Waals surface area contributed by atoms with Crippen LogP contribution < -0.4 is 0 Å². The van der Waals surface area contributed by atoms with Gasteiger partial charge in [0.2, 0.25) is 0 Å². The summed E-state index contributed by atoms with van der Waals surface area (Å²) in [5.41, 5.74) is 22.2. The quantitative estimate of drug-likeness (QED) is 0.124. The number of benzene rings is 12. The maximum absolute atomic E-state index is 9.81. The lowest BCUT2D eigenvalue weighted by molar-refractivity contribution is 1.07. The number of nitriles is 4. The molecule has 0 aliphatic rings. The third kappa shape index (κ3) is 10.0. The van der Waals surface area contributed by atoms with Crippen molar-refractivity contribution in [3.8, 4) is 137 Å². The zero-order valence-corrected chi connectivity index (χ0v) is 50.2. The summed E-state index contributed by atoms with van der Waals surface area (Å²) in [6.07, 6.45) is 3.65. The van der Waals surface area contributed by atoms with Crippen molar-refractivity contribution >= 4 is 43.6 Å². The van der Waals surface area contributed by atoms with Gasteiger partial charge in [0.05, 0.1) is 80.0 Å². The van der Waals surface area contributed by atoms with E-state index in [0.29, 0.717) is 39.7 Å². The fourth-order valence-corrected chi connectivity index (χ4v) is 12.9. The molecular weight excluding hydrogens is 1150 g/mol. The zero-order valence-electron chi connectivity index (χ0n) is 50.2. The molecule has 0 radical (unpaired) electrons. The van der Waals surface area contributed by atoms with E-state index in [2.05, 4.69) is 148 Å². The van der Waals surface area contributed by atoms with Crippen LogP contribution in [-0.2, 0) is 0 Å². The lowest BCUT2D eigenvalue weighted by Gasteiger charge is -2.21. The van der Waals surface area contributed by atoms with E-state index >= 15 is 0 Å². The standard InChI is InChI=1S/C84H48N10/c85-49-53-11-19-57(20-12-53)64-29-35-76-72(43-64)73-44-65(58-21-13-54(50-86)14-22-58)30-36-77(73)93(76)80-47-68(61-39-41-89-42-40-61)27-33-70(80)71-34-28-69(84-91-82(62-7-3-1-4-8-62)90-83(92-84)63-9-5-2-6-10-63)48-81(71)94-78-37-31-66(59-23-15-55(51-87)16-24-59)45-74(78)75-46-67(32-38-79(75)94)60-25-17-56(52-88)18-26-60/h1-48H. The lowest BCUT2D eigenvalue weighted by atomic mass is 9.95. The molecule has 12 aromatic carbocycles. The molecular formula is C84H48N10. The molecule has 0 aliphatic carbocycles. The van der Waals surface area contributed by atoms with Crippen LogP contribution in [0.15, 0.2) is 291 Å². The van der Waals surface area contributed by atoms with E-state index < -0.39 is 0 Å². The van der Waals surface area contributed by atoms with Crippen LogP contribution in [0.25, 0.3) is 156 Å². The van der Waals surface area contributed by atoms with E-state index in [0.717, 1.165) is 138 Å². The molecule has 434 valence electrons. The normalized spacial score (nSPS) is 11.1. The number of aromatic nitrogens is 6. The van der Waals surface area contributed by atoms with E-state index in [-0.39, 0.29) is 0 Å². The average molecular weight is 1200 g/mol. The summed E-state index contributed by atoms with van der Waals surface area (Å²) in [5, 5.41) is 43.2. The van der Waals surface area contributed by atoms with Crippen molar-refractivity contribution < 1.29 is 0 Å². The molecule has 0 saturated carbocycles. The van der Waals surface area contributed by atoms with Gasteiger partial charge >= 0.3 is 0 Å². The molecule has 0 amide bonds. The molecule has 4 heterocycles. The predicted molar refractivity (Wildman–Crippen MR) is 374 cm³/mol. The minimum atomic E-state index is 0.499. The van der Waals surface area contributed by atoms with E-state index in [1.165, 1.54) is 0 Å². The van der Waals surface area contributed by atoms with E-state index in [1.54, 1.807) is 0 Å². The third-order valence-corrected chi connectivity index (χ3v) is 17.7. The van der Waals surface area contributed by atoms with Crippen molar-refractivity contribution in [3.63, 3.8) is 0 Å². The number of hydrogen-bond acceptors (Lipinski definition) is 8. The second-order valence-electron chi connectivity index (χ2n) is 23.1. The lowest BCUT2D eigenvalue weighted by Crippen LogP contribution is -2.04. The molecule has 10 heteroatoms. The van der Waals surface area contributed by atoms with Crippen molar-refractivity contribution in [1.29, 1.82) is 21.0 Å². The Morgan fingerprint density at radius 2 is 0.500 bits per heavy atom. The summed E-state index contributed by atoms with van der Waals surface area (Å²) < 4.78 is 4.75. The van der Waals surface area contributed by atoms with Crippen LogP contribution in [0.1, 0.15) is 22.3 Å². The first-order valence-electron chi connectivity index (χ1n) is 30.6. The fraction of sp³-hybridized carbons (Fsp3) is 0. The molecule has 94 heavy (non-hydrogen) atoms. The van der Waals surface area contributed by atoms with Crippen molar-refractivity contribution in [1.82, 2.24) is 29.1 Å². The Hall–Kier alpha value is -13.6. The first-order valence-corrected chi connectivity index (χ1v) is 30.6. The monoisotopic (exact) mass is 1200 g/mol.